The van der Waals surface area contributed by atoms with Crippen LogP contribution in [-0.2, 0) is 24.8 Å². The van der Waals surface area contributed by atoms with Crippen LogP contribution in [0, 0.1) is 25.2 Å². The molecule has 0 saturated carbocycles. The van der Waals surface area contributed by atoms with Gasteiger partial charge in [-0.25, -0.2) is 25.8 Å². The van der Waals surface area contributed by atoms with E-state index in [9.17, 15) is 26.9 Å². The van der Waals surface area contributed by atoms with Gasteiger partial charge in [-0.15, -0.1) is 0 Å². The number of nitriles is 1. The second-order valence-electron chi connectivity index (χ2n) is 8.82. The van der Waals surface area contributed by atoms with Crippen molar-refractivity contribution < 1.29 is 26.4 Å². The highest BCUT2D eigenvalue weighted by Gasteiger charge is 2.32. The number of ether oxygens (including phenoxy) is 1. The largest absolute Gasteiger partial charge is 0.481 e. The lowest BCUT2D eigenvalue weighted by atomic mass is 10.2. The van der Waals surface area contributed by atoms with E-state index in [4.69, 9.17) is 4.74 Å². The van der Waals surface area contributed by atoms with E-state index < -0.39 is 32.5 Å². The summed E-state index contributed by atoms with van der Waals surface area (Å²) in [6.45, 7) is 2.88. The number of pyridine rings is 1. The first-order valence-corrected chi connectivity index (χ1v) is 14.4. The molecule has 0 atom stereocenters. The Balaban J connectivity index is 1.78. The molecular formula is C26H25N5O6S2. The van der Waals surface area contributed by atoms with Gasteiger partial charge in [-0.1, -0.05) is 17.7 Å². The van der Waals surface area contributed by atoms with E-state index >= 15 is 0 Å². The summed E-state index contributed by atoms with van der Waals surface area (Å²) in [7, 11) is -6.11. The Labute approximate surface area is 226 Å². The van der Waals surface area contributed by atoms with Crippen LogP contribution < -0.4 is 10.1 Å². The molecule has 0 spiro atoms. The molecule has 4 rings (SSSR count). The highest BCUT2D eigenvalue weighted by Crippen LogP contribution is 2.33. The second-order valence-corrected chi connectivity index (χ2v) is 12.6. The van der Waals surface area contributed by atoms with Crippen molar-refractivity contribution in [3.8, 4) is 11.9 Å². The normalized spacial score (nSPS) is 11.9. The van der Waals surface area contributed by atoms with Crippen LogP contribution in [0.2, 0.25) is 0 Å². The Kier molecular flexibility index (Phi) is 7.47. The Hall–Kier alpha value is -4.25. The number of sulfonamides is 1. The van der Waals surface area contributed by atoms with Crippen molar-refractivity contribution in [2.75, 3.05) is 26.0 Å². The number of benzene rings is 2. The highest BCUT2D eigenvalue weighted by molar-refractivity contribution is 7.90. The number of aromatic nitrogens is 2. The van der Waals surface area contributed by atoms with Gasteiger partial charge in [0.15, 0.2) is 0 Å². The predicted octanol–water partition coefficient (Wildman–Crippen LogP) is 3.03. The number of nitrogens with one attached hydrogen (secondary N) is 1. The molecule has 0 radical (unpaired) electrons. The lowest BCUT2D eigenvalue weighted by Crippen LogP contribution is -2.35. The Morgan fingerprint density at radius 3 is 2.33 bits per heavy atom. The summed E-state index contributed by atoms with van der Waals surface area (Å²) in [6.07, 6.45) is 1.36. The van der Waals surface area contributed by atoms with E-state index in [1.54, 1.807) is 38.1 Å². The molecule has 0 bridgehead atoms. The van der Waals surface area contributed by atoms with Crippen LogP contribution in [0.4, 0.5) is 5.69 Å². The minimum atomic E-state index is -4.41. The number of hydrogen-bond donors (Lipinski definition) is 1. The van der Waals surface area contributed by atoms with Gasteiger partial charge in [-0.2, -0.15) is 9.57 Å². The maximum atomic E-state index is 13.8. The van der Waals surface area contributed by atoms with Crippen molar-refractivity contribution in [3.63, 3.8) is 0 Å². The van der Waals surface area contributed by atoms with Crippen LogP contribution in [0.15, 0.2) is 70.6 Å². The van der Waals surface area contributed by atoms with Crippen molar-refractivity contribution in [1.29, 1.82) is 5.26 Å². The number of likely N-dealkylation sites (N-methyl/N-ethyl adjacent to an activating group) is 1. The van der Waals surface area contributed by atoms with Crippen LogP contribution >= 0.6 is 0 Å². The summed E-state index contributed by atoms with van der Waals surface area (Å²) in [5, 5.41) is 12.6. The first kappa shape index (κ1) is 27.8. The summed E-state index contributed by atoms with van der Waals surface area (Å²) >= 11 is 0. The van der Waals surface area contributed by atoms with Gasteiger partial charge < -0.3 is 10.1 Å². The maximum Gasteiger partial charge on any atom is 0.269 e. The summed E-state index contributed by atoms with van der Waals surface area (Å²) in [4.78, 5) is 16.2. The molecule has 202 valence electrons. The zero-order valence-electron chi connectivity index (χ0n) is 21.5. The molecule has 1 amide bonds. The Morgan fingerprint density at radius 2 is 1.74 bits per heavy atom. The third-order valence-electron chi connectivity index (χ3n) is 5.92. The van der Waals surface area contributed by atoms with E-state index in [0.717, 1.165) is 13.8 Å². The van der Waals surface area contributed by atoms with E-state index in [2.05, 4.69) is 10.3 Å². The predicted molar refractivity (Wildman–Crippen MR) is 144 cm³/mol. The van der Waals surface area contributed by atoms with Crippen LogP contribution in [0.1, 0.15) is 16.8 Å². The number of methoxy groups -OCH3 is 1. The number of carbonyl (C=O) groups excluding carboxylic acids is 1. The van der Waals surface area contributed by atoms with E-state index in [1.807, 2.05) is 6.07 Å². The number of fused-ring (bicyclic) bond motifs is 1. The molecule has 1 N–H and O–H groups in total. The fourth-order valence-corrected chi connectivity index (χ4v) is 6.95. The molecule has 0 aliphatic rings. The molecule has 2 aromatic heterocycles. The first-order valence-electron chi connectivity index (χ1n) is 11.5. The molecule has 2 heterocycles. The van der Waals surface area contributed by atoms with E-state index in [1.165, 1.54) is 50.7 Å². The number of amides is 1. The third kappa shape index (κ3) is 5.35. The lowest BCUT2D eigenvalue weighted by Gasteiger charge is -2.19. The maximum absolute atomic E-state index is 13.8. The molecule has 4 aromatic rings. The van der Waals surface area contributed by atoms with Crippen LogP contribution in [0.5, 0.6) is 5.88 Å². The van der Waals surface area contributed by atoms with E-state index in [-0.39, 0.29) is 26.4 Å². The second kappa shape index (κ2) is 10.5. The molecule has 0 fully saturated rings. The van der Waals surface area contributed by atoms with Crippen molar-refractivity contribution in [3.05, 3.63) is 77.6 Å². The molecule has 0 saturated heterocycles. The van der Waals surface area contributed by atoms with Crippen molar-refractivity contribution in [2.24, 2.45) is 0 Å². The molecule has 0 aliphatic heterocycles. The molecular weight excluding hydrogens is 542 g/mol. The van der Waals surface area contributed by atoms with Crippen molar-refractivity contribution in [1.82, 2.24) is 13.3 Å². The topological polar surface area (TPSA) is 151 Å². The van der Waals surface area contributed by atoms with Gasteiger partial charge in [0.25, 0.3) is 10.0 Å². The molecule has 11 nitrogen and oxygen atoms in total. The number of aryl methyl sites for hydroxylation is 2. The quantitative estimate of drug-likeness (QED) is 0.341. The zero-order chi connectivity index (χ0) is 28.5. The SMILES string of the molecule is COc1ccc(NC(=O)CN(C)S(=O)(=O)c2cc(C)cc3cc(C#N)n(S(=O)(=O)c4ccc(C)cc4)c23)cn1. The third-order valence-corrected chi connectivity index (χ3v) is 9.46. The Bertz CT molecular complexity index is 1820. The number of hydrogen-bond acceptors (Lipinski definition) is 8. The van der Waals surface area contributed by atoms with E-state index in [0.29, 0.717) is 17.1 Å². The average molecular weight is 568 g/mol. The van der Waals surface area contributed by atoms with Gasteiger partial charge in [0.2, 0.25) is 21.8 Å². The molecule has 39 heavy (non-hydrogen) atoms. The first-order chi connectivity index (χ1) is 18.4. The highest BCUT2D eigenvalue weighted by atomic mass is 32.2. The van der Waals surface area contributed by atoms with Crippen LogP contribution in [0.25, 0.3) is 10.9 Å². The minimum Gasteiger partial charge on any atom is -0.481 e. The van der Waals surface area contributed by atoms with Gasteiger partial charge in [0.05, 0.1) is 36.0 Å². The van der Waals surface area contributed by atoms with Crippen LogP contribution in [-0.4, -0.2) is 56.7 Å². The van der Waals surface area contributed by atoms with Gasteiger partial charge in [-0.3, -0.25) is 4.79 Å². The van der Waals surface area contributed by atoms with Crippen LogP contribution in [0.3, 0.4) is 0 Å². The molecule has 2 aromatic carbocycles. The van der Waals surface area contributed by atoms with Gasteiger partial charge >= 0.3 is 0 Å². The smallest absolute Gasteiger partial charge is 0.269 e. The number of carbonyl (C=O) groups is 1. The lowest BCUT2D eigenvalue weighted by molar-refractivity contribution is -0.116. The summed E-state index contributed by atoms with van der Waals surface area (Å²) in [5.41, 5.74) is 1.26. The van der Waals surface area contributed by atoms with Crippen molar-refractivity contribution >= 4 is 42.5 Å². The minimum absolute atomic E-state index is 0.105. The van der Waals surface area contributed by atoms with Gasteiger partial charge in [0.1, 0.15) is 16.7 Å². The van der Waals surface area contributed by atoms with Gasteiger partial charge in [0, 0.05) is 18.5 Å². The van der Waals surface area contributed by atoms with Crippen molar-refractivity contribution in [2.45, 2.75) is 23.6 Å². The van der Waals surface area contributed by atoms with Gasteiger partial charge in [-0.05, 0) is 55.8 Å². The number of anilines is 1. The standard InChI is InChI=1S/C26H25N5O6S2/c1-17-5-8-22(9-6-17)38(33,34)31-21(14-27)13-19-11-18(2)12-23(26(19)31)39(35,36)30(3)16-24(32)29-20-7-10-25(37-4)28-15-20/h5-13,15H,16H2,1-4H3,(H,29,32). The molecule has 0 unspecified atom stereocenters. The Morgan fingerprint density at radius 1 is 1.05 bits per heavy atom. The summed E-state index contributed by atoms with van der Waals surface area (Å²) in [5.74, 6) is -0.297. The average Bonchev–Trinajstić information content (AvgIpc) is 3.27. The number of rotatable bonds is 8. The molecule has 13 heteroatoms. The zero-order valence-corrected chi connectivity index (χ0v) is 23.2. The fourth-order valence-electron chi connectivity index (χ4n) is 4.00. The fraction of sp³-hybridized carbons (Fsp3) is 0.192. The summed E-state index contributed by atoms with van der Waals surface area (Å²) in [6, 6.07) is 15.2. The molecule has 0 aliphatic carbocycles. The summed E-state index contributed by atoms with van der Waals surface area (Å²) < 4.78 is 61.4. The monoisotopic (exact) mass is 567 g/mol. The number of nitrogens with zero attached hydrogens (tertiary/aromatic N) is 4.